The molecule has 3 fully saturated rings. The average Bonchev–Trinajstić information content (AvgIpc) is 3.00. The van der Waals surface area contributed by atoms with Crippen molar-refractivity contribution in [3.63, 3.8) is 0 Å². The minimum Gasteiger partial charge on any atom is -0.375 e. The Labute approximate surface area is 124 Å². The van der Waals surface area contributed by atoms with Crippen LogP contribution < -0.4 is 5.32 Å². The van der Waals surface area contributed by atoms with Crippen LogP contribution in [-0.4, -0.2) is 48.8 Å². The lowest BCUT2D eigenvalue weighted by Gasteiger charge is -2.45. The first-order chi connectivity index (χ1) is 9.63. The summed E-state index contributed by atoms with van der Waals surface area (Å²) in [6.07, 6.45) is 8.46. The first-order valence-electron chi connectivity index (χ1n) is 8.74. The molecule has 0 amide bonds. The zero-order valence-electron chi connectivity index (χ0n) is 13.5. The molecule has 3 heteroatoms. The summed E-state index contributed by atoms with van der Waals surface area (Å²) in [5, 5.41) is 3.87. The van der Waals surface area contributed by atoms with Crippen LogP contribution in [0.15, 0.2) is 0 Å². The van der Waals surface area contributed by atoms with E-state index in [1.165, 1.54) is 38.5 Å². The number of nitrogens with zero attached hydrogens (tertiary/aromatic N) is 1. The molecule has 4 atom stereocenters. The van der Waals surface area contributed by atoms with Crippen LogP contribution >= 0.6 is 0 Å². The van der Waals surface area contributed by atoms with E-state index in [2.05, 4.69) is 31.0 Å². The van der Waals surface area contributed by atoms with Gasteiger partial charge in [0.25, 0.3) is 0 Å². The van der Waals surface area contributed by atoms with Gasteiger partial charge >= 0.3 is 0 Å². The smallest absolute Gasteiger partial charge is 0.0731 e. The summed E-state index contributed by atoms with van der Waals surface area (Å²) in [4.78, 5) is 2.82. The van der Waals surface area contributed by atoms with Gasteiger partial charge in [0, 0.05) is 24.7 Å². The van der Waals surface area contributed by atoms with E-state index >= 15 is 0 Å². The molecule has 0 bridgehead atoms. The predicted octanol–water partition coefficient (Wildman–Crippen LogP) is 2.80. The van der Waals surface area contributed by atoms with Gasteiger partial charge in [-0.3, -0.25) is 4.90 Å². The lowest BCUT2D eigenvalue weighted by Crippen LogP contribution is -2.59. The Hall–Kier alpha value is -0.120. The van der Waals surface area contributed by atoms with Crippen LogP contribution in [0.25, 0.3) is 0 Å². The number of rotatable bonds is 4. The maximum atomic E-state index is 6.00. The molecule has 2 aliphatic carbocycles. The molecule has 0 aromatic heterocycles. The molecule has 2 saturated carbocycles. The van der Waals surface area contributed by atoms with Gasteiger partial charge in [0.05, 0.1) is 12.7 Å². The molecule has 1 saturated heterocycles. The van der Waals surface area contributed by atoms with Crippen LogP contribution in [0.3, 0.4) is 0 Å². The second-order valence-corrected chi connectivity index (χ2v) is 7.67. The molecule has 0 aromatic carbocycles. The van der Waals surface area contributed by atoms with Crippen LogP contribution in [0.1, 0.15) is 59.3 Å². The summed E-state index contributed by atoms with van der Waals surface area (Å²) in [6, 6.07) is 2.08. The molecule has 0 aromatic rings. The summed E-state index contributed by atoms with van der Waals surface area (Å²) in [7, 11) is 0. The first-order valence-corrected chi connectivity index (χ1v) is 8.74. The molecule has 1 heterocycles. The lowest BCUT2D eigenvalue weighted by atomic mass is 9.85. The van der Waals surface area contributed by atoms with Gasteiger partial charge in [-0.2, -0.15) is 0 Å². The third-order valence-electron chi connectivity index (χ3n) is 5.88. The molecule has 1 aliphatic heterocycles. The fraction of sp³-hybridized carbons (Fsp3) is 1.00. The topological polar surface area (TPSA) is 24.5 Å². The van der Waals surface area contributed by atoms with Gasteiger partial charge in [-0.25, -0.2) is 0 Å². The van der Waals surface area contributed by atoms with Crippen molar-refractivity contribution in [1.29, 1.82) is 0 Å². The molecular weight excluding hydrogens is 248 g/mol. The van der Waals surface area contributed by atoms with E-state index in [1.54, 1.807) is 0 Å². The van der Waals surface area contributed by atoms with Crippen molar-refractivity contribution in [3.05, 3.63) is 0 Å². The summed E-state index contributed by atoms with van der Waals surface area (Å²) in [6.45, 7) is 10.4. The summed E-state index contributed by atoms with van der Waals surface area (Å²) >= 11 is 0. The maximum absolute atomic E-state index is 6.00. The molecule has 1 N–H and O–H groups in total. The average molecular weight is 280 g/mol. The van der Waals surface area contributed by atoms with Crippen molar-refractivity contribution < 1.29 is 4.74 Å². The quantitative estimate of drug-likeness (QED) is 0.857. The summed E-state index contributed by atoms with van der Waals surface area (Å²) in [5.74, 6) is 0. The zero-order valence-corrected chi connectivity index (χ0v) is 13.5. The molecule has 116 valence electrons. The molecule has 20 heavy (non-hydrogen) atoms. The minimum atomic E-state index is 0.437. The normalized spacial score (nSPS) is 41.0. The van der Waals surface area contributed by atoms with E-state index in [0.717, 1.165) is 25.7 Å². The van der Waals surface area contributed by atoms with Gasteiger partial charge in [0.15, 0.2) is 0 Å². The molecule has 0 spiro atoms. The molecule has 3 aliphatic rings. The highest BCUT2D eigenvalue weighted by Crippen LogP contribution is 2.43. The number of ether oxygens (including phenoxy) is 1. The minimum absolute atomic E-state index is 0.437. The highest BCUT2D eigenvalue weighted by molar-refractivity contribution is 5.04. The van der Waals surface area contributed by atoms with Crippen LogP contribution in [0.5, 0.6) is 0 Å². The summed E-state index contributed by atoms with van der Waals surface area (Å²) < 4.78 is 6.00. The van der Waals surface area contributed by atoms with E-state index in [-0.39, 0.29) is 0 Å². The molecule has 4 unspecified atom stereocenters. The van der Waals surface area contributed by atoms with Gasteiger partial charge in [0.2, 0.25) is 0 Å². The van der Waals surface area contributed by atoms with Crippen LogP contribution in [0, 0.1) is 5.41 Å². The van der Waals surface area contributed by atoms with Crippen molar-refractivity contribution in [2.75, 3.05) is 19.7 Å². The Morgan fingerprint density at radius 1 is 1.20 bits per heavy atom. The lowest BCUT2D eigenvalue weighted by molar-refractivity contribution is -0.0762. The van der Waals surface area contributed by atoms with E-state index in [1.807, 2.05) is 0 Å². The van der Waals surface area contributed by atoms with Gasteiger partial charge in [0.1, 0.15) is 0 Å². The first kappa shape index (κ1) is 14.8. The van der Waals surface area contributed by atoms with Gasteiger partial charge in [-0.1, -0.05) is 20.8 Å². The molecule has 3 rings (SSSR count). The van der Waals surface area contributed by atoms with Crippen LogP contribution in [0.2, 0.25) is 0 Å². The van der Waals surface area contributed by atoms with E-state index in [9.17, 15) is 0 Å². The number of hydrogen-bond acceptors (Lipinski definition) is 3. The maximum Gasteiger partial charge on any atom is 0.0731 e. The summed E-state index contributed by atoms with van der Waals surface area (Å²) in [5.41, 5.74) is 0.437. The SMILES string of the molecule is CCCNC1C(N2CCOC3CCCC32)CCC1(C)C. The van der Waals surface area contributed by atoms with Crippen LogP contribution in [-0.2, 0) is 4.74 Å². The van der Waals surface area contributed by atoms with Crippen molar-refractivity contribution in [1.82, 2.24) is 10.2 Å². The zero-order chi connectivity index (χ0) is 14.2. The van der Waals surface area contributed by atoms with Gasteiger partial charge in [-0.05, 0) is 50.5 Å². The number of fused-ring (bicyclic) bond motifs is 1. The van der Waals surface area contributed by atoms with E-state index < -0.39 is 0 Å². The fourth-order valence-corrected chi connectivity index (χ4v) is 4.80. The Kier molecular flexibility index (Phi) is 4.40. The Bertz CT molecular complexity index is 331. The Morgan fingerprint density at radius 2 is 2.05 bits per heavy atom. The highest BCUT2D eigenvalue weighted by atomic mass is 16.5. The second kappa shape index (κ2) is 5.94. The largest absolute Gasteiger partial charge is 0.375 e. The fourth-order valence-electron chi connectivity index (χ4n) is 4.80. The van der Waals surface area contributed by atoms with Crippen molar-refractivity contribution in [3.8, 4) is 0 Å². The number of hydrogen-bond donors (Lipinski definition) is 1. The third kappa shape index (κ3) is 2.65. The van der Waals surface area contributed by atoms with E-state index in [4.69, 9.17) is 4.74 Å². The van der Waals surface area contributed by atoms with Crippen LogP contribution in [0.4, 0.5) is 0 Å². The van der Waals surface area contributed by atoms with Crippen molar-refractivity contribution in [2.24, 2.45) is 5.41 Å². The van der Waals surface area contributed by atoms with Crippen molar-refractivity contribution >= 4 is 0 Å². The molecular formula is C17H32N2O. The van der Waals surface area contributed by atoms with Gasteiger partial charge in [-0.15, -0.1) is 0 Å². The second-order valence-electron chi connectivity index (χ2n) is 7.67. The molecule has 0 radical (unpaired) electrons. The van der Waals surface area contributed by atoms with E-state index in [0.29, 0.717) is 23.6 Å². The number of nitrogens with one attached hydrogen (secondary N) is 1. The number of morpholine rings is 1. The monoisotopic (exact) mass is 280 g/mol. The Morgan fingerprint density at radius 3 is 2.85 bits per heavy atom. The Balaban J connectivity index is 1.73. The molecule has 3 nitrogen and oxygen atoms in total. The van der Waals surface area contributed by atoms with Gasteiger partial charge < -0.3 is 10.1 Å². The standard InChI is InChI=1S/C17H32N2O/c1-4-10-18-16-14(8-9-17(16,2)3)19-11-12-20-15-7-5-6-13(15)19/h13-16,18H,4-12H2,1-3H3. The predicted molar refractivity (Wildman–Crippen MR) is 83.0 cm³/mol. The third-order valence-corrected chi connectivity index (χ3v) is 5.88. The highest BCUT2D eigenvalue weighted by Gasteiger charge is 2.48. The van der Waals surface area contributed by atoms with Crippen molar-refractivity contribution in [2.45, 2.75) is 83.5 Å².